The Labute approximate surface area is 162 Å². The lowest BCUT2D eigenvalue weighted by Crippen LogP contribution is -2.07. The number of aliphatic imine (C=N–C) groups is 2. The van der Waals surface area contributed by atoms with Crippen molar-refractivity contribution in [1.82, 2.24) is 0 Å². The first kappa shape index (κ1) is 19.6. The van der Waals surface area contributed by atoms with Gasteiger partial charge in [0.25, 0.3) is 0 Å². The molecule has 1 saturated carbocycles. The van der Waals surface area contributed by atoms with Gasteiger partial charge < -0.3 is 11.5 Å². The summed E-state index contributed by atoms with van der Waals surface area (Å²) >= 11 is 2.07. The van der Waals surface area contributed by atoms with E-state index in [1.54, 1.807) is 6.07 Å². The van der Waals surface area contributed by atoms with Crippen LogP contribution in [0.5, 0.6) is 0 Å². The Kier molecular flexibility index (Phi) is 7.16. The van der Waals surface area contributed by atoms with Gasteiger partial charge in [0.05, 0.1) is 5.69 Å². The fourth-order valence-electron chi connectivity index (χ4n) is 2.21. The molecule has 4 N–H and O–H groups in total. The predicted octanol–water partition coefficient (Wildman–Crippen LogP) is 4.47. The lowest BCUT2D eigenvalue weighted by molar-refractivity contribution is 0.627. The number of allylic oxidation sites excluding steroid dienone is 4. The molecule has 1 aromatic rings. The van der Waals surface area contributed by atoms with E-state index in [1.807, 2.05) is 26.1 Å². The van der Waals surface area contributed by atoms with E-state index in [1.165, 1.54) is 25.0 Å². The third-order valence-corrected chi connectivity index (χ3v) is 4.62. The summed E-state index contributed by atoms with van der Waals surface area (Å²) in [6, 6.07) is 4.52. The van der Waals surface area contributed by atoms with Crippen molar-refractivity contribution < 1.29 is 4.39 Å². The highest BCUT2D eigenvalue weighted by Crippen LogP contribution is 2.29. The molecular weight excluding hydrogens is 430 g/mol. The van der Waals surface area contributed by atoms with Gasteiger partial charge in [0.2, 0.25) is 0 Å². The van der Waals surface area contributed by atoms with Crippen LogP contribution in [0.4, 0.5) is 10.1 Å². The molecule has 6 heteroatoms. The standard InChI is InChI=1S/C19H24FIN4/c1-12(22)7-17(25-19-6-5-16(20)9-18(19)21)8-15(13(2)23)11-24-10-14-3-4-14/h5-7,9,11,14H,3-4,8,10,22-23H2,1-2H3. The quantitative estimate of drug-likeness (QED) is 0.471. The lowest BCUT2D eigenvalue weighted by atomic mass is 10.1. The first-order valence-electron chi connectivity index (χ1n) is 8.26. The Morgan fingerprint density at radius 2 is 2.04 bits per heavy atom. The molecular formula is C19H24FIN4. The van der Waals surface area contributed by atoms with Crippen molar-refractivity contribution in [1.29, 1.82) is 0 Å². The maximum atomic E-state index is 13.3. The van der Waals surface area contributed by atoms with Gasteiger partial charge in [-0.15, -0.1) is 0 Å². The summed E-state index contributed by atoms with van der Waals surface area (Å²) in [6.07, 6.45) is 6.72. The number of nitrogens with two attached hydrogens (primary N) is 2. The van der Waals surface area contributed by atoms with Crippen LogP contribution >= 0.6 is 22.6 Å². The molecule has 0 spiro atoms. The zero-order valence-corrected chi connectivity index (χ0v) is 16.8. The largest absolute Gasteiger partial charge is 0.402 e. The molecule has 0 atom stereocenters. The Morgan fingerprint density at radius 3 is 2.60 bits per heavy atom. The second kappa shape index (κ2) is 9.12. The summed E-state index contributed by atoms with van der Waals surface area (Å²) in [4.78, 5) is 9.15. The summed E-state index contributed by atoms with van der Waals surface area (Å²) in [5.41, 5.74) is 15.6. The van der Waals surface area contributed by atoms with Crippen LogP contribution in [0, 0.1) is 15.3 Å². The maximum absolute atomic E-state index is 13.3. The van der Waals surface area contributed by atoms with Crippen LogP contribution < -0.4 is 11.5 Å². The first-order chi connectivity index (χ1) is 11.8. The van der Waals surface area contributed by atoms with E-state index in [4.69, 9.17) is 11.5 Å². The van der Waals surface area contributed by atoms with Crippen molar-refractivity contribution in [2.75, 3.05) is 6.54 Å². The molecule has 25 heavy (non-hydrogen) atoms. The fraction of sp³-hybridized carbons (Fsp3) is 0.368. The van der Waals surface area contributed by atoms with Crippen molar-refractivity contribution in [3.63, 3.8) is 0 Å². The number of benzene rings is 1. The van der Waals surface area contributed by atoms with Crippen LogP contribution in [0.1, 0.15) is 33.1 Å². The summed E-state index contributed by atoms with van der Waals surface area (Å²) in [5, 5.41) is 0. The zero-order valence-electron chi connectivity index (χ0n) is 14.6. The van der Waals surface area contributed by atoms with Crippen LogP contribution in [0.25, 0.3) is 0 Å². The van der Waals surface area contributed by atoms with Gasteiger partial charge in [-0.1, -0.05) is 0 Å². The molecule has 0 bridgehead atoms. The van der Waals surface area contributed by atoms with Gasteiger partial charge in [-0.3, -0.25) is 9.98 Å². The number of halogens is 2. The molecule has 0 amide bonds. The van der Waals surface area contributed by atoms with Crippen LogP contribution in [0.15, 0.2) is 51.2 Å². The van der Waals surface area contributed by atoms with Gasteiger partial charge >= 0.3 is 0 Å². The summed E-state index contributed by atoms with van der Waals surface area (Å²) in [6.45, 7) is 4.52. The average molecular weight is 454 g/mol. The second-order valence-electron chi connectivity index (χ2n) is 6.41. The highest BCUT2D eigenvalue weighted by molar-refractivity contribution is 14.1. The molecule has 1 aliphatic rings. The zero-order chi connectivity index (χ0) is 18.4. The lowest BCUT2D eigenvalue weighted by Gasteiger charge is -2.08. The van der Waals surface area contributed by atoms with Gasteiger partial charge in [0, 0.05) is 39.9 Å². The van der Waals surface area contributed by atoms with Gasteiger partial charge in [-0.25, -0.2) is 4.39 Å². The molecule has 1 aromatic carbocycles. The number of rotatable bonds is 7. The third kappa shape index (κ3) is 6.97. The Hall–Kier alpha value is -1.70. The van der Waals surface area contributed by atoms with Gasteiger partial charge in [-0.2, -0.15) is 0 Å². The molecule has 4 nitrogen and oxygen atoms in total. The molecule has 0 aliphatic heterocycles. The van der Waals surface area contributed by atoms with E-state index in [2.05, 4.69) is 32.6 Å². The molecule has 0 unspecified atom stereocenters. The molecule has 1 aliphatic carbocycles. The van der Waals surface area contributed by atoms with E-state index in [0.29, 0.717) is 23.5 Å². The minimum Gasteiger partial charge on any atom is -0.402 e. The molecule has 0 radical (unpaired) electrons. The summed E-state index contributed by atoms with van der Waals surface area (Å²) in [7, 11) is 0. The van der Waals surface area contributed by atoms with Crippen molar-refractivity contribution in [2.45, 2.75) is 33.1 Å². The van der Waals surface area contributed by atoms with E-state index in [0.717, 1.165) is 27.3 Å². The monoisotopic (exact) mass is 454 g/mol. The van der Waals surface area contributed by atoms with Gasteiger partial charge in [-0.05, 0) is 85.0 Å². The molecule has 1 fully saturated rings. The van der Waals surface area contributed by atoms with Gasteiger partial charge in [0.1, 0.15) is 5.82 Å². The number of nitrogens with zero attached hydrogens (tertiary/aromatic N) is 2. The summed E-state index contributed by atoms with van der Waals surface area (Å²) < 4.78 is 14.0. The van der Waals surface area contributed by atoms with Crippen molar-refractivity contribution >= 4 is 40.2 Å². The Bertz CT molecular complexity index is 738. The molecule has 0 saturated heterocycles. The van der Waals surface area contributed by atoms with E-state index in [9.17, 15) is 4.39 Å². The molecule has 0 aromatic heterocycles. The molecule has 134 valence electrons. The van der Waals surface area contributed by atoms with E-state index < -0.39 is 0 Å². The van der Waals surface area contributed by atoms with E-state index >= 15 is 0 Å². The Balaban J connectivity index is 2.26. The minimum atomic E-state index is -0.277. The first-order valence-corrected chi connectivity index (χ1v) is 9.34. The Morgan fingerprint density at radius 1 is 1.32 bits per heavy atom. The van der Waals surface area contributed by atoms with Crippen molar-refractivity contribution in [3.05, 3.63) is 50.6 Å². The minimum absolute atomic E-state index is 0.277. The van der Waals surface area contributed by atoms with Crippen LogP contribution in [0.2, 0.25) is 0 Å². The molecule has 0 heterocycles. The maximum Gasteiger partial charge on any atom is 0.124 e. The van der Waals surface area contributed by atoms with E-state index in [-0.39, 0.29) is 5.82 Å². The normalized spacial score (nSPS) is 17.1. The third-order valence-electron chi connectivity index (χ3n) is 3.75. The molecule has 2 rings (SSSR count). The fourth-order valence-corrected chi connectivity index (χ4v) is 2.80. The average Bonchev–Trinajstić information content (AvgIpc) is 3.32. The predicted molar refractivity (Wildman–Crippen MR) is 112 cm³/mol. The summed E-state index contributed by atoms with van der Waals surface area (Å²) in [5.74, 6) is 0.455. The number of hydrogen-bond acceptors (Lipinski definition) is 4. The van der Waals surface area contributed by atoms with Crippen LogP contribution in [-0.4, -0.2) is 18.5 Å². The van der Waals surface area contributed by atoms with Crippen LogP contribution in [0.3, 0.4) is 0 Å². The van der Waals surface area contributed by atoms with Crippen LogP contribution in [-0.2, 0) is 0 Å². The number of hydrogen-bond donors (Lipinski definition) is 2. The smallest absolute Gasteiger partial charge is 0.124 e. The topological polar surface area (TPSA) is 76.8 Å². The SMILES string of the molecule is CC(N)=CC(CC(C=NCC1CC1)=C(C)N)=Nc1ccc(F)cc1I. The van der Waals surface area contributed by atoms with Crippen molar-refractivity contribution in [3.8, 4) is 0 Å². The van der Waals surface area contributed by atoms with Gasteiger partial charge in [0.15, 0.2) is 0 Å². The highest BCUT2D eigenvalue weighted by Gasteiger charge is 2.20. The van der Waals surface area contributed by atoms with Crippen molar-refractivity contribution in [2.24, 2.45) is 27.4 Å². The second-order valence-corrected chi connectivity index (χ2v) is 7.57. The highest BCUT2D eigenvalue weighted by atomic mass is 127.